The summed E-state index contributed by atoms with van der Waals surface area (Å²) in [4.78, 5) is 9.95. The molecule has 0 bridgehead atoms. The average molecular weight is 385 g/mol. The summed E-state index contributed by atoms with van der Waals surface area (Å²) in [7, 11) is -1.93. The molecular weight excluding hydrogens is 366 g/mol. The van der Waals surface area contributed by atoms with Crippen molar-refractivity contribution >= 4 is 15.8 Å². The van der Waals surface area contributed by atoms with Crippen LogP contribution in [-0.2, 0) is 17.1 Å². The smallest absolute Gasteiger partial charge is 0.274 e. The lowest BCUT2D eigenvalue weighted by Crippen LogP contribution is -2.52. The van der Waals surface area contributed by atoms with Gasteiger partial charge in [-0.05, 0) is 24.3 Å². The number of nitrogens with one attached hydrogen (secondary N) is 1. The summed E-state index contributed by atoms with van der Waals surface area (Å²) in [6, 6.07) is 7.62. The molecule has 0 atom stereocenters. The quantitative estimate of drug-likeness (QED) is 0.665. The molecule has 0 aromatic carbocycles. The summed E-state index contributed by atoms with van der Waals surface area (Å²) in [5.74, 6) is 1.01. The summed E-state index contributed by atoms with van der Waals surface area (Å²) in [5.41, 5.74) is 1.76. The minimum absolute atomic E-state index is 0.0243. The van der Waals surface area contributed by atoms with Crippen LogP contribution in [0.25, 0.3) is 11.3 Å². The number of hydrogen-bond acceptors (Lipinski definition) is 7. The zero-order valence-electron chi connectivity index (χ0n) is 14.7. The molecule has 1 fully saturated rings. The summed E-state index contributed by atoms with van der Waals surface area (Å²) in [6.45, 7) is 1.83. The minimum atomic E-state index is -3.59. The SMILES string of the molecule is Cn1ccnc1S(=O)(=O)NCC1CN(c2ccc(-c3ccncc3)nn2)C1. The first kappa shape index (κ1) is 17.6. The molecule has 4 heterocycles. The number of aryl methyl sites for hydroxylation is 1. The number of imidazole rings is 1. The lowest BCUT2D eigenvalue weighted by atomic mass is 10.0. The molecular formula is C17H19N7O2S. The second-order valence-corrected chi connectivity index (χ2v) is 8.12. The van der Waals surface area contributed by atoms with Crippen LogP contribution in [0.2, 0.25) is 0 Å². The molecule has 3 aromatic heterocycles. The number of rotatable bonds is 6. The molecule has 1 N–H and O–H groups in total. The van der Waals surface area contributed by atoms with E-state index in [4.69, 9.17) is 0 Å². The molecule has 1 aliphatic rings. The van der Waals surface area contributed by atoms with E-state index in [2.05, 4.69) is 29.8 Å². The molecule has 27 heavy (non-hydrogen) atoms. The van der Waals surface area contributed by atoms with Gasteiger partial charge >= 0.3 is 0 Å². The zero-order chi connectivity index (χ0) is 18.9. The maximum atomic E-state index is 12.2. The van der Waals surface area contributed by atoms with Crippen molar-refractivity contribution in [3.05, 3.63) is 49.1 Å². The summed E-state index contributed by atoms with van der Waals surface area (Å²) in [5, 5.41) is 8.56. The summed E-state index contributed by atoms with van der Waals surface area (Å²) in [6.07, 6.45) is 6.51. The predicted molar refractivity (Wildman–Crippen MR) is 99.4 cm³/mol. The van der Waals surface area contributed by atoms with E-state index >= 15 is 0 Å². The van der Waals surface area contributed by atoms with Crippen molar-refractivity contribution < 1.29 is 8.42 Å². The molecule has 4 rings (SSSR count). The molecule has 1 aliphatic heterocycles. The van der Waals surface area contributed by atoms with E-state index in [0.29, 0.717) is 6.54 Å². The third-order valence-corrected chi connectivity index (χ3v) is 5.91. The van der Waals surface area contributed by atoms with Crippen LogP contribution in [0, 0.1) is 5.92 Å². The Hall–Kier alpha value is -2.85. The van der Waals surface area contributed by atoms with Gasteiger partial charge in [-0.25, -0.2) is 18.1 Å². The minimum Gasteiger partial charge on any atom is -0.354 e. The van der Waals surface area contributed by atoms with E-state index in [1.807, 2.05) is 24.3 Å². The van der Waals surface area contributed by atoms with Crippen LogP contribution in [0.15, 0.2) is 54.2 Å². The molecule has 0 saturated carbocycles. The van der Waals surface area contributed by atoms with Crippen LogP contribution in [0.5, 0.6) is 0 Å². The van der Waals surface area contributed by atoms with Crippen molar-refractivity contribution in [2.45, 2.75) is 5.16 Å². The normalized spacial score (nSPS) is 14.9. The lowest BCUT2D eigenvalue weighted by molar-refractivity contribution is 0.401. The van der Waals surface area contributed by atoms with Crippen molar-refractivity contribution in [2.24, 2.45) is 13.0 Å². The zero-order valence-corrected chi connectivity index (χ0v) is 15.5. The Morgan fingerprint density at radius 2 is 1.89 bits per heavy atom. The Morgan fingerprint density at radius 3 is 2.52 bits per heavy atom. The molecule has 1 saturated heterocycles. The monoisotopic (exact) mass is 385 g/mol. The number of sulfonamides is 1. The van der Waals surface area contributed by atoms with Gasteiger partial charge in [0.25, 0.3) is 10.0 Å². The first-order valence-corrected chi connectivity index (χ1v) is 9.97. The van der Waals surface area contributed by atoms with Crippen LogP contribution >= 0.6 is 0 Å². The topological polar surface area (TPSA) is 106 Å². The highest BCUT2D eigenvalue weighted by Gasteiger charge is 2.30. The van der Waals surface area contributed by atoms with Gasteiger partial charge in [-0.2, -0.15) is 0 Å². The molecule has 140 valence electrons. The predicted octanol–water partition coefficient (Wildman–Crippen LogP) is 0.687. The van der Waals surface area contributed by atoms with Gasteiger partial charge in [-0.15, -0.1) is 10.2 Å². The second kappa shape index (κ2) is 7.05. The molecule has 0 unspecified atom stereocenters. The van der Waals surface area contributed by atoms with Gasteiger partial charge in [-0.3, -0.25) is 4.98 Å². The van der Waals surface area contributed by atoms with E-state index in [-0.39, 0.29) is 11.1 Å². The molecule has 10 heteroatoms. The fourth-order valence-electron chi connectivity index (χ4n) is 2.96. The van der Waals surface area contributed by atoms with E-state index < -0.39 is 10.0 Å². The fraction of sp³-hybridized carbons (Fsp3) is 0.294. The van der Waals surface area contributed by atoms with Crippen molar-refractivity contribution in [3.8, 4) is 11.3 Å². The number of aromatic nitrogens is 5. The summed E-state index contributed by atoms with van der Waals surface area (Å²) >= 11 is 0. The summed E-state index contributed by atoms with van der Waals surface area (Å²) < 4.78 is 28.6. The first-order chi connectivity index (χ1) is 13.0. The molecule has 0 spiro atoms. The van der Waals surface area contributed by atoms with Crippen LogP contribution in [0.3, 0.4) is 0 Å². The van der Waals surface area contributed by atoms with E-state index in [1.54, 1.807) is 25.6 Å². The highest BCUT2D eigenvalue weighted by atomic mass is 32.2. The van der Waals surface area contributed by atoms with Gasteiger partial charge in [0.05, 0.1) is 5.69 Å². The largest absolute Gasteiger partial charge is 0.354 e. The highest BCUT2D eigenvalue weighted by Crippen LogP contribution is 2.24. The Labute approximate surface area is 157 Å². The van der Waals surface area contributed by atoms with Crippen LogP contribution in [0.4, 0.5) is 5.82 Å². The number of pyridine rings is 1. The van der Waals surface area contributed by atoms with Gasteiger partial charge in [0, 0.05) is 63.0 Å². The Morgan fingerprint density at radius 1 is 1.11 bits per heavy atom. The Bertz CT molecular complexity index is 1010. The third-order valence-electron chi connectivity index (χ3n) is 4.49. The molecule has 0 aliphatic carbocycles. The van der Waals surface area contributed by atoms with E-state index in [0.717, 1.165) is 30.2 Å². The van der Waals surface area contributed by atoms with Gasteiger partial charge in [-0.1, -0.05) is 0 Å². The number of hydrogen-bond donors (Lipinski definition) is 1. The fourth-order valence-corrected chi connectivity index (χ4v) is 4.18. The van der Waals surface area contributed by atoms with Crippen molar-refractivity contribution in [1.29, 1.82) is 0 Å². The molecule has 0 radical (unpaired) electrons. The van der Waals surface area contributed by atoms with Gasteiger partial charge in [0.2, 0.25) is 5.16 Å². The van der Waals surface area contributed by atoms with Crippen LogP contribution in [0.1, 0.15) is 0 Å². The lowest BCUT2D eigenvalue weighted by Gasteiger charge is -2.39. The average Bonchev–Trinajstić information content (AvgIpc) is 3.09. The number of anilines is 1. The maximum absolute atomic E-state index is 12.2. The van der Waals surface area contributed by atoms with Crippen molar-refractivity contribution in [2.75, 3.05) is 24.5 Å². The molecule has 0 amide bonds. The van der Waals surface area contributed by atoms with Crippen molar-refractivity contribution in [3.63, 3.8) is 0 Å². The van der Waals surface area contributed by atoms with Gasteiger partial charge < -0.3 is 9.47 Å². The van der Waals surface area contributed by atoms with E-state index in [9.17, 15) is 8.42 Å². The number of nitrogens with zero attached hydrogens (tertiary/aromatic N) is 6. The van der Waals surface area contributed by atoms with Crippen LogP contribution < -0.4 is 9.62 Å². The molecule has 9 nitrogen and oxygen atoms in total. The Balaban J connectivity index is 1.31. The van der Waals surface area contributed by atoms with Crippen LogP contribution in [-0.4, -0.2) is 52.8 Å². The third kappa shape index (κ3) is 3.67. The molecule has 3 aromatic rings. The maximum Gasteiger partial charge on any atom is 0.274 e. The van der Waals surface area contributed by atoms with Gasteiger partial charge in [0.1, 0.15) is 0 Å². The first-order valence-electron chi connectivity index (χ1n) is 8.49. The Kier molecular flexibility index (Phi) is 4.58. The standard InChI is InChI=1S/C17H19N7O2S/c1-23-9-8-19-17(23)27(25,26)20-10-13-11-24(12-13)16-3-2-15(21-22-16)14-4-6-18-7-5-14/h2-9,13,20H,10-12H2,1H3. The second-order valence-electron chi connectivity index (χ2n) is 6.46. The highest BCUT2D eigenvalue weighted by molar-refractivity contribution is 7.89. The van der Waals surface area contributed by atoms with E-state index in [1.165, 1.54) is 10.8 Å². The van der Waals surface area contributed by atoms with Gasteiger partial charge in [0.15, 0.2) is 5.82 Å². The van der Waals surface area contributed by atoms with Crippen molar-refractivity contribution in [1.82, 2.24) is 29.5 Å².